The molecule has 2 N–H and O–H groups in total. The number of hydrogen-bond acceptors (Lipinski definition) is 4. The molecule has 0 aliphatic heterocycles. The summed E-state index contributed by atoms with van der Waals surface area (Å²) in [6, 6.07) is 4.75. The van der Waals surface area contributed by atoms with E-state index in [9.17, 15) is 14.4 Å². The Balaban J connectivity index is 0.000000463. The summed E-state index contributed by atoms with van der Waals surface area (Å²) in [6.45, 7) is 6.72. The summed E-state index contributed by atoms with van der Waals surface area (Å²) in [7, 11) is 1.60. The number of benzene rings is 1. The summed E-state index contributed by atoms with van der Waals surface area (Å²) in [5, 5.41) is 4.50. The van der Waals surface area contributed by atoms with Crippen molar-refractivity contribution in [2.45, 2.75) is 46.6 Å². The van der Waals surface area contributed by atoms with Crippen molar-refractivity contribution in [3.05, 3.63) is 29.3 Å². The molecule has 136 valence electrons. The average molecular weight is 346 g/mol. The number of aryl methyl sites for hydroxylation is 1. The molecule has 0 saturated heterocycles. The summed E-state index contributed by atoms with van der Waals surface area (Å²) in [4.78, 5) is 32.5. The molecule has 0 saturated carbocycles. The van der Waals surface area contributed by atoms with Crippen molar-refractivity contribution in [2.24, 2.45) is 0 Å². The quantitative estimate of drug-likeness (QED) is 0.634. The summed E-state index contributed by atoms with van der Waals surface area (Å²) in [6.07, 6.45) is 6.60. The predicted octanol–water partition coefficient (Wildman–Crippen LogP) is 2.70. The molecule has 3 amide bonds. The zero-order valence-corrected chi connectivity index (χ0v) is 15.4. The number of nitrogens with one attached hydrogen (secondary N) is 2. The lowest BCUT2D eigenvalue weighted by Gasteiger charge is -2.09. The van der Waals surface area contributed by atoms with Gasteiger partial charge in [-0.15, -0.1) is 6.42 Å². The molecular formula is C19H26N2O4. The Hall–Kier alpha value is -2.81. The van der Waals surface area contributed by atoms with E-state index in [2.05, 4.69) is 16.6 Å². The van der Waals surface area contributed by atoms with E-state index < -0.39 is 11.9 Å². The Bertz CT molecular complexity index is 647. The SMILES string of the molecule is C#C[C@H](CC)NC(=O)NC(C)=O.CCc1ccc(OC)cc1C(C)=O. The van der Waals surface area contributed by atoms with E-state index in [0.29, 0.717) is 6.42 Å². The van der Waals surface area contributed by atoms with Crippen LogP contribution in [0.4, 0.5) is 4.79 Å². The van der Waals surface area contributed by atoms with E-state index in [1.165, 1.54) is 6.92 Å². The first kappa shape index (κ1) is 22.2. The maximum atomic E-state index is 11.2. The molecule has 0 bridgehead atoms. The molecule has 1 aromatic carbocycles. The van der Waals surface area contributed by atoms with Crippen molar-refractivity contribution in [2.75, 3.05) is 7.11 Å². The molecule has 0 fully saturated rings. The second kappa shape index (κ2) is 11.7. The minimum atomic E-state index is -0.549. The van der Waals surface area contributed by atoms with Gasteiger partial charge in [0.2, 0.25) is 5.91 Å². The lowest BCUT2D eigenvalue weighted by molar-refractivity contribution is -0.117. The van der Waals surface area contributed by atoms with Crippen LogP contribution in [-0.2, 0) is 11.2 Å². The molecule has 0 aromatic heterocycles. The number of carbonyl (C=O) groups excluding carboxylic acids is 3. The second-order valence-electron chi connectivity index (χ2n) is 5.21. The van der Waals surface area contributed by atoms with Gasteiger partial charge in [-0.1, -0.05) is 25.8 Å². The van der Waals surface area contributed by atoms with Gasteiger partial charge in [-0.2, -0.15) is 0 Å². The Morgan fingerprint density at radius 3 is 2.28 bits per heavy atom. The highest BCUT2D eigenvalue weighted by Crippen LogP contribution is 2.18. The van der Waals surface area contributed by atoms with E-state index in [-0.39, 0.29) is 11.8 Å². The largest absolute Gasteiger partial charge is 0.497 e. The molecular weight excluding hydrogens is 320 g/mol. The Morgan fingerprint density at radius 1 is 1.24 bits per heavy atom. The van der Waals surface area contributed by atoms with Crippen molar-refractivity contribution in [3.8, 4) is 18.1 Å². The van der Waals surface area contributed by atoms with Crippen LogP contribution in [0.2, 0.25) is 0 Å². The highest BCUT2D eigenvalue weighted by atomic mass is 16.5. The first-order valence-electron chi connectivity index (χ1n) is 8.00. The van der Waals surface area contributed by atoms with Crippen LogP contribution in [0.15, 0.2) is 18.2 Å². The van der Waals surface area contributed by atoms with Crippen LogP contribution < -0.4 is 15.4 Å². The van der Waals surface area contributed by atoms with Crippen molar-refractivity contribution in [3.63, 3.8) is 0 Å². The lowest BCUT2D eigenvalue weighted by Crippen LogP contribution is -2.43. The van der Waals surface area contributed by atoms with Crippen molar-refractivity contribution < 1.29 is 19.1 Å². The van der Waals surface area contributed by atoms with Crippen molar-refractivity contribution in [1.29, 1.82) is 0 Å². The average Bonchev–Trinajstić information content (AvgIpc) is 2.58. The molecule has 25 heavy (non-hydrogen) atoms. The number of urea groups is 1. The van der Waals surface area contributed by atoms with Crippen molar-refractivity contribution in [1.82, 2.24) is 10.6 Å². The molecule has 1 atom stereocenters. The van der Waals surface area contributed by atoms with Gasteiger partial charge >= 0.3 is 6.03 Å². The lowest BCUT2D eigenvalue weighted by atomic mass is 10.0. The molecule has 0 heterocycles. The van der Waals surface area contributed by atoms with Crippen LogP contribution >= 0.6 is 0 Å². The summed E-state index contributed by atoms with van der Waals surface area (Å²) in [5.74, 6) is 2.80. The maximum absolute atomic E-state index is 11.2. The highest BCUT2D eigenvalue weighted by molar-refractivity contribution is 5.96. The molecule has 6 heteroatoms. The number of imide groups is 1. The van der Waals surface area contributed by atoms with Gasteiger partial charge in [-0.25, -0.2) is 4.79 Å². The number of ketones is 1. The summed E-state index contributed by atoms with van der Waals surface area (Å²) >= 11 is 0. The minimum Gasteiger partial charge on any atom is -0.497 e. The van der Waals surface area contributed by atoms with E-state index in [1.807, 2.05) is 26.0 Å². The molecule has 6 nitrogen and oxygen atoms in total. The van der Waals surface area contributed by atoms with Gasteiger partial charge in [0.1, 0.15) is 5.75 Å². The van der Waals surface area contributed by atoms with Gasteiger partial charge in [0, 0.05) is 12.5 Å². The fourth-order valence-electron chi connectivity index (χ4n) is 1.93. The number of carbonyl (C=O) groups is 3. The van der Waals surface area contributed by atoms with Crippen LogP contribution in [-0.4, -0.2) is 30.9 Å². The molecule has 0 aliphatic carbocycles. The van der Waals surface area contributed by atoms with Crippen LogP contribution in [0.5, 0.6) is 5.75 Å². The third kappa shape index (κ3) is 8.56. The number of ether oxygens (including phenoxy) is 1. The first-order valence-corrected chi connectivity index (χ1v) is 8.00. The molecule has 0 spiro atoms. The monoisotopic (exact) mass is 346 g/mol. The first-order chi connectivity index (χ1) is 11.8. The number of amides is 3. The van der Waals surface area contributed by atoms with E-state index in [1.54, 1.807) is 20.1 Å². The molecule has 0 unspecified atom stereocenters. The van der Waals surface area contributed by atoms with Gasteiger partial charge in [0.05, 0.1) is 13.2 Å². The predicted molar refractivity (Wildman–Crippen MR) is 97.6 cm³/mol. The number of methoxy groups -OCH3 is 1. The smallest absolute Gasteiger partial charge is 0.322 e. The zero-order valence-electron chi connectivity index (χ0n) is 15.4. The topological polar surface area (TPSA) is 84.5 Å². The van der Waals surface area contributed by atoms with Gasteiger partial charge in [-0.3, -0.25) is 14.9 Å². The molecule has 1 rings (SSSR count). The van der Waals surface area contributed by atoms with Gasteiger partial charge in [0.15, 0.2) is 5.78 Å². The number of terminal acetylenes is 1. The van der Waals surface area contributed by atoms with Crippen LogP contribution in [0.3, 0.4) is 0 Å². The summed E-state index contributed by atoms with van der Waals surface area (Å²) < 4.78 is 5.05. The van der Waals surface area contributed by atoms with Gasteiger partial charge < -0.3 is 10.1 Å². The van der Waals surface area contributed by atoms with E-state index in [0.717, 1.165) is 23.3 Å². The third-order valence-electron chi connectivity index (χ3n) is 3.28. The van der Waals surface area contributed by atoms with Crippen LogP contribution in [0.1, 0.15) is 50.0 Å². The molecule has 1 aromatic rings. The number of hydrogen-bond donors (Lipinski definition) is 2. The summed E-state index contributed by atoms with van der Waals surface area (Å²) in [5.41, 5.74) is 1.84. The van der Waals surface area contributed by atoms with Crippen molar-refractivity contribution >= 4 is 17.7 Å². The normalized spacial score (nSPS) is 10.4. The van der Waals surface area contributed by atoms with Gasteiger partial charge in [0.25, 0.3) is 0 Å². The van der Waals surface area contributed by atoms with E-state index in [4.69, 9.17) is 11.2 Å². The van der Waals surface area contributed by atoms with Gasteiger partial charge in [-0.05, 0) is 37.5 Å². The fraction of sp³-hybridized carbons (Fsp3) is 0.421. The second-order valence-corrected chi connectivity index (χ2v) is 5.21. The van der Waals surface area contributed by atoms with Crippen LogP contribution in [0, 0.1) is 12.3 Å². The third-order valence-corrected chi connectivity index (χ3v) is 3.28. The minimum absolute atomic E-state index is 0.0933. The van der Waals surface area contributed by atoms with E-state index >= 15 is 0 Å². The number of rotatable bonds is 5. The standard InChI is InChI=1S/C11H14O2.C8H12N2O2/c1-4-9-5-6-10(13-3)7-11(9)8(2)12;1-4-7(5-2)10-8(12)9-6(3)11/h5-7H,4H2,1-3H3;1,7H,5H2,2-3H3,(H2,9,10,11,12)/t;7-/m.1/s1. The molecule has 0 radical (unpaired) electrons. The Labute approximate surface area is 149 Å². The zero-order chi connectivity index (χ0) is 19.4. The number of Topliss-reactive ketones (excluding diaryl/α,β-unsaturated/α-hetero) is 1. The Kier molecular flexibility index (Phi) is 10.4. The highest BCUT2D eigenvalue weighted by Gasteiger charge is 2.07. The maximum Gasteiger partial charge on any atom is 0.322 e. The molecule has 0 aliphatic rings. The van der Waals surface area contributed by atoms with Crippen LogP contribution in [0.25, 0.3) is 0 Å². The Morgan fingerprint density at radius 2 is 1.88 bits per heavy atom. The fourth-order valence-corrected chi connectivity index (χ4v) is 1.93.